The minimum atomic E-state index is 1.14. The highest BCUT2D eigenvalue weighted by molar-refractivity contribution is 7.27. The van der Waals surface area contributed by atoms with E-state index in [0.717, 1.165) is 34.1 Å². The molecule has 0 spiro atoms. The molecule has 6 heteroatoms. The van der Waals surface area contributed by atoms with Gasteiger partial charge in [-0.05, 0) is 117 Å². The molecule has 4 heterocycles. The average Bonchev–Trinajstić information content (AvgIpc) is 4.21. The molecule has 0 saturated heterocycles. The monoisotopic (exact) mass is 986 g/mol. The van der Waals surface area contributed by atoms with E-state index >= 15 is 0 Å². The zero-order chi connectivity index (χ0) is 47.0. The van der Waals surface area contributed by atoms with Crippen molar-refractivity contribution in [3.8, 4) is 0 Å². The standard InChI is InChI=1S/C66H38N2S4/c1-3-13-41(14-4-1)67(43-21-27-49-53-25-19-39-11-7-9-17-47(39)65(53)71-59(49)35-43)45-23-29-55-61(37-45)69-57-33-31-52-51(63(55)57)32-34-58-64(52)56-30-24-46(38-62(56)70-58)68(42-15-5-2-6-16-42)44-22-28-50-54-26-20-40-12-8-10-18-48(40)66(54)72-60(50)36-44/h1-38H. The Labute approximate surface area is 429 Å². The van der Waals surface area contributed by atoms with Crippen LogP contribution in [0.5, 0.6) is 0 Å². The van der Waals surface area contributed by atoms with Crippen molar-refractivity contribution in [1.82, 2.24) is 0 Å². The first kappa shape index (κ1) is 40.6. The summed E-state index contributed by atoms with van der Waals surface area (Å²) < 4.78 is 10.5. The second-order valence-electron chi connectivity index (χ2n) is 18.8. The number of fused-ring (bicyclic) bond motifs is 19. The van der Waals surface area contributed by atoms with Gasteiger partial charge in [-0.25, -0.2) is 0 Å². The highest BCUT2D eigenvalue weighted by atomic mass is 32.1. The molecule has 0 atom stereocenters. The van der Waals surface area contributed by atoms with Crippen molar-refractivity contribution in [1.29, 1.82) is 0 Å². The van der Waals surface area contributed by atoms with E-state index in [1.165, 1.54) is 113 Å². The van der Waals surface area contributed by atoms with E-state index in [0.29, 0.717) is 0 Å². The normalized spacial score (nSPS) is 12.2. The number of hydrogen-bond donors (Lipinski definition) is 0. The molecule has 4 aromatic heterocycles. The van der Waals surface area contributed by atoms with Crippen molar-refractivity contribution in [3.05, 3.63) is 231 Å². The van der Waals surface area contributed by atoms with Gasteiger partial charge in [-0.15, -0.1) is 45.3 Å². The second-order valence-corrected chi connectivity index (χ2v) is 23.0. The smallest absolute Gasteiger partial charge is 0.0476 e. The van der Waals surface area contributed by atoms with E-state index < -0.39 is 0 Å². The van der Waals surface area contributed by atoms with Gasteiger partial charge in [0.05, 0.1) is 0 Å². The Morgan fingerprint density at radius 2 is 0.556 bits per heavy atom. The number of hydrogen-bond acceptors (Lipinski definition) is 6. The lowest BCUT2D eigenvalue weighted by Crippen LogP contribution is -2.09. The highest BCUT2D eigenvalue weighted by Gasteiger charge is 2.21. The fraction of sp³-hybridized carbons (Fsp3) is 0. The summed E-state index contributed by atoms with van der Waals surface area (Å²) in [5, 5.41) is 18.3. The molecule has 16 aromatic rings. The predicted octanol–water partition coefficient (Wildman–Crippen LogP) is 21.6. The maximum absolute atomic E-state index is 2.42. The second kappa shape index (κ2) is 15.7. The molecule has 12 aromatic carbocycles. The lowest BCUT2D eigenvalue weighted by atomic mass is 9.99. The third-order valence-corrected chi connectivity index (χ3v) is 19.4. The third kappa shape index (κ3) is 6.11. The molecule has 0 unspecified atom stereocenters. The van der Waals surface area contributed by atoms with E-state index in [4.69, 9.17) is 0 Å². The summed E-state index contributed by atoms with van der Waals surface area (Å²) in [7, 11) is 0. The molecule has 72 heavy (non-hydrogen) atoms. The third-order valence-electron chi connectivity index (χ3n) is 14.8. The van der Waals surface area contributed by atoms with Gasteiger partial charge >= 0.3 is 0 Å². The van der Waals surface area contributed by atoms with Crippen LogP contribution in [0, 0.1) is 0 Å². The molecule has 0 amide bonds. The molecule has 16 rings (SSSR count). The molecule has 0 radical (unpaired) electrons. The van der Waals surface area contributed by atoms with E-state index in [1.807, 2.05) is 45.3 Å². The van der Waals surface area contributed by atoms with Crippen molar-refractivity contribution in [3.63, 3.8) is 0 Å². The van der Waals surface area contributed by atoms with Crippen LogP contribution in [0.15, 0.2) is 231 Å². The molecule has 2 nitrogen and oxygen atoms in total. The number of nitrogens with zero attached hydrogens (tertiary/aromatic N) is 2. The Morgan fingerprint density at radius 1 is 0.208 bits per heavy atom. The Hall–Kier alpha value is -8.10. The molecule has 0 bridgehead atoms. The summed E-state index contributed by atoms with van der Waals surface area (Å²) in [4.78, 5) is 4.84. The summed E-state index contributed by atoms with van der Waals surface area (Å²) in [6.45, 7) is 0. The van der Waals surface area contributed by atoms with E-state index in [9.17, 15) is 0 Å². The maximum atomic E-state index is 2.42. The SMILES string of the molecule is c1ccc(N(c2ccc3c(c2)sc2c4ccccc4ccc32)c2ccc3c(c2)sc2ccc4c(ccc5sc6cc(N(c7ccccc7)c7ccc8c(c7)sc7c9ccccc9ccc87)ccc6c54)c23)cc1. The van der Waals surface area contributed by atoms with Crippen molar-refractivity contribution < 1.29 is 0 Å². The summed E-state index contributed by atoms with van der Waals surface area (Å²) >= 11 is 7.58. The first-order valence-corrected chi connectivity index (χ1v) is 27.6. The van der Waals surface area contributed by atoms with Crippen molar-refractivity contribution in [2.75, 3.05) is 9.80 Å². The van der Waals surface area contributed by atoms with Gasteiger partial charge in [-0.2, -0.15) is 0 Å². The molecular weight excluding hydrogens is 949 g/mol. The Balaban J connectivity index is 0.807. The molecule has 0 aliphatic carbocycles. The topological polar surface area (TPSA) is 6.48 Å². The van der Waals surface area contributed by atoms with E-state index in [1.54, 1.807) is 0 Å². The van der Waals surface area contributed by atoms with Gasteiger partial charge in [0.25, 0.3) is 0 Å². The van der Waals surface area contributed by atoms with Crippen molar-refractivity contribution in [2.24, 2.45) is 0 Å². The van der Waals surface area contributed by atoms with Gasteiger partial charge in [0.1, 0.15) is 0 Å². The van der Waals surface area contributed by atoms with Crippen LogP contribution in [0.2, 0.25) is 0 Å². The van der Waals surface area contributed by atoms with Gasteiger partial charge in [-0.1, -0.05) is 146 Å². The van der Waals surface area contributed by atoms with E-state index in [-0.39, 0.29) is 0 Å². The van der Waals surface area contributed by atoms with Crippen LogP contribution < -0.4 is 9.80 Å². The van der Waals surface area contributed by atoms with Crippen molar-refractivity contribution >= 4 is 192 Å². The first-order valence-electron chi connectivity index (χ1n) is 24.3. The molecule has 0 N–H and O–H groups in total. The average molecular weight is 987 g/mol. The highest BCUT2D eigenvalue weighted by Crippen LogP contribution is 2.49. The largest absolute Gasteiger partial charge is 0.310 e. The van der Waals surface area contributed by atoms with Gasteiger partial charge in [0.15, 0.2) is 0 Å². The molecule has 0 aliphatic rings. The van der Waals surface area contributed by atoms with Crippen LogP contribution in [0.3, 0.4) is 0 Å². The Bertz CT molecular complexity index is 4580. The van der Waals surface area contributed by atoms with Crippen LogP contribution in [-0.4, -0.2) is 0 Å². The van der Waals surface area contributed by atoms with E-state index in [2.05, 4.69) is 240 Å². The summed E-state index contributed by atoms with van der Waals surface area (Å²) in [5.41, 5.74) is 6.90. The van der Waals surface area contributed by atoms with Gasteiger partial charge in [0.2, 0.25) is 0 Å². The summed E-state index contributed by atoms with van der Waals surface area (Å²) in [5.74, 6) is 0. The lowest BCUT2D eigenvalue weighted by molar-refractivity contribution is 1.30. The molecule has 0 fully saturated rings. The fourth-order valence-corrected chi connectivity index (χ4v) is 16.4. The fourth-order valence-electron chi connectivity index (χ4n) is 11.5. The van der Waals surface area contributed by atoms with Gasteiger partial charge < -0.3 is 9.80 Å². The Morgan fingerprint density at radius 3 is 0.986 bits per heavy atom. The maximum Gasteiger partial charge on any atom is 0.0476 e. The van der Waals surface area contributed by atoms with Gasteiger partial charge in [-0.3, -0.25) is 0 Å². The lowest BCUT2D eigenvalue weighted by Gasteiger charge is -2.25. The number of para-hydroxylation sites is 2. The first-order chi connectivity index (χ1) is 35.7. The van der Waals surface area contributed by atoms with Crippen LogP contribution in [-0.2, 0) is 0 Å². The summed E-state index contributed by atoms with van der Waals surface area (Å²) in [6, 6.07) is 85.9. The van der Waals surface area contributed by atoms with Crippen LogP contribution >= 0.6 is 45.3 Å². The van der Waals surface area contributed by atoms with Crippen LogP contribution in [0.4, 0.5) is 34.1 Å². The van der Waals surface area contributed by atoms with Crippen LogP contribution in [0.1, 0.15) is 0 Å². The molecule has 0 aliphatic heterocycles. The minimum Gasteiger partial charge on any atom is -0.310 e. The number of thiophene rings is 4. The zero-order valence-electron chi connectivity index (χ0n) is 38.5. The predicted molar refractivity (Wildman–Crippen MR) is 320 cm³/mol. The quantitative estimate of drug-likeness (QED) is 0.164. The zero-order valence-corrected chi connectivity index (χ0v) is 41.7. The minimum absolute atomic E-state index is 1.14. The molecule has 0 saturated carbocycles. The summed E-state index contributed by atoms with van der Waals surface area (Å²) in [6.07, 6.45) is 0. The number of benzene rings is 12. The Kier molecular flexibility index (Phi) is 8.86. The number of rotatable bonds is 6. The number of anilines is 6. The van der Waals surface area contributed by atoms with Crippen molar-refractivity contribution in [2.45, 2.75) is 0 Å². The molecular formula is C66H38N2S4. The molecule has 336 valence electrons. The van der Waals surface area contributed by atoms with Gasteiger partial charge in [0, 0.05) is 115 Å². The van der Waals surface area contributed by atoms with Crippen LogP contribution in [0.25, 0.3) is 113 Å².